The molecule has 2 saturated heterocycles. The molecular weight excluding hydrogens is 1140 g/mol. The van der Waals surface area contributed by atoms with E-state index in [2.05, 4.69) is 21.3 Å². The molecule has 0 unspecified atom stereocenters. The van der Waals surface area contributed by atoms with Crippen LogP contribution >= 0.6 is 11.6 Å². The Kier molecular flexibility index (Phi) is 26.9. The summed E-state index contributed by atoms with van der Waals surface area (Å²) in [6.07, 6.45) is -6.80. The molecule has 2 aromatic rings. The number of aliphatic hydroxyl groups excluding tert-OH is 3. The number of Topliss-reactive ketones (excluding diaryl/α,β-unsaturated/α-hetero) is 2. The van der Waals surface area contributed by atoms with Crippen molar-refractivity contribution < 1.29 is 87.3 Å². The van der Waals surface area contributed by atoms with Crippen LogP contribution in [-0.4, -0.2) is 154 Å². The number of carboxylic acid groups (broad SMARTS) is 1. The van der Waals surface area contributed by atoms with Crippen molar-refractivity contribution >= 4 is 64.7 Å². The molecule has 0 aliphatic carbocycles. The summed E-state index contributed by atoms with van der Waals surface area (Å²) in [6.45, 7) is 15.9. The second kappa shape index (κ2) is 32.7. The molecule has 0 spiro atoms. The molecule has 0 saturated carbocycles. The summed E-state index contributed by atoms with van der Waals surface area (Å²) in [7, 11) is 1.21. The number of esters is 2. The monoisotopic (exact) mass is 1220 g/mol. The normalized spacial score (nSPS) is 26.9. The first-order chi connectivity index (χ1) is 40.5. The molecule has 8 N–H and O–H groups in total. The van der Waals surface area contributed by atoms with Gasteiger partial charge in [0.05, 0.1) is 17.6 Å². The number of halogens is 1. The molecule has 86 heavy (non-hydrogen) atoms. The minimum atomic E-state index is -1.73. The lowest BCUT2D eigenvalue weighted by atomic mass is 9.85. The van der Waals surface area contributed by atoms with Gasteiger partial charge in [-0.05, 0) is 106 Å². The van der Waals surface area contributed by atoms with E-state index >= 15 is 0 Å². The number of aliphatic hydroxyl groups is 3. The van der Waals surface area contributed by atoms with Gasteiger partial charge in [-0.1, -0.05) is 95.1 Å². The van der Waals surface area contributed by atoms with E-state index in [-0.39, 0.29) is 87.7 Å². The lowest BCUT2D eigenvalue weighted by Crippen LogP contribution is -2.61. The third-order valence-electron chi connectivity index (χ3n) is 16.3. The number of cyclic esters (lactones) is 2. The van der Waals surface area contributed by atoms with Gasteiger partial charge < -0.3 is 65.4 Å². The van der Waals surface area contributed by atoms with Gasteiger partial charge >= 0.3 is 17.9 Å². The van der Waals surface area contributed by atoms with Gasteiger partial charge in [-0.25, -0.2) is 4.79 Å². The molecule has 0 radical (unpaired) electrons. The van der Waals surface area contributed by atoms with E-state index in [1.807, 2.05) is 64.1 Å². The van der Waals surface area contributed by atoms with Crippen molar-refractivity contribution in [3.8, 4) is 0 Å². The number of unbranched alkanes of at least 4 members (excludes halogenated alkanes) is 1. The number of carbonyl (C=O) groups is 9. The molecule has 3 aliphatic heterocycles. The molecule has 3 aliphatic rings. The van der Waals surface area contributed by atoms with Crippen LogP contribution in [0.4, 0.5) is 0 Å². The highest BCUT2D eigenvalue weighted by Crippen LogP contribution is 2.45. The van der Waals surface area contributed by atoms with Gasteiger partial charge in [-0.2, -0.15) is 0 Å². The van der Waals surface area contributed by atoms with Crippen molar-refractivity contribution in [2.24, 2.45) is 29.1 Å². The Hall–Kier alpha value is -6.14. The zero-order valence-electron chi connectivity index (χ0n) is 51.0. The zero-order valence-corrected chi connectivity index (χ0v) is 51.8. The summed E-state index contributed by atoms with van der Waals surface area (Å²) in [5.74, 6) is -7.10. The minimum Gasteiger partial charge on any atom is -0.481 e. The van der Waals surface area contributed by atoms with Crippen molar-refractivity contribution in [1.82, 2.24) is 21.3 Å². The Labute approximate surface area is 508 Å². The summed E-state index contributed by atoms with van der Waals surface area (Å²) in [5.41, 5.74) is 1.84. The van der Waals surface area contributed by atoms with Gasteiger partial charge in [0.2, 0.25) is 17.7 Å². The van der Waals surface area contributed by atoms with Gasteiger partial charge in [0, 0.05) is 75.1 Å². The highest BCUT2D eigenvalue weighted by Gasteiger charge is 2.49. The average molecular weight is 1230 g/mol. The van der Waals surface area contributed by atoms with Crippen molar-refractivity contribution in [2.45, 2.75) is 213 Å². The van der Waals surface area contributed by atoms with Gasteiger partial charge in [0.1, 0.15) is 42.3 Å². The summed E-state index contributed by atoms with van der Waals surface area (Å²) < 4.78 is 28.7. The third-order valence-corrected chi connectivity index (χ3v) is 16.8. The molecule has 5 rings (SSSR count). The standard InChI is InChI=1S/C63H89ClN4O18/c1-33(2)29-47-60(80)83-46(16-13-17-48(71)67-43(31-39-21-20-35(5)42(64)30-39)58(78)66-37(7)63(8,9)62(81)84-47)36(6)55-56(85-55)40-25-22-38(23-26-40)24-27-44(69)41(32-45(70)51(34(3)4)68-49(72)18-14-19-50(73)74)15-11-12-28-65-59(79)57-53(76)52(75)54(77)61(82-10)86-57/h13,17,20-23,25-26,30,33-34,36-37,41,43,46-47,51-57,61,75-77H,11-12,14-16,18-19,24,27-29,31-32H2,1-10H3,(H,65,79)(H,66,78)(H,67,71)(H,68,72)(H,73,74)/b17-13+/t36-,37-,41+,43+,46-,47-,51-,52-,53-,54+,55+,56+,57-,61+/m0/s1. The number of aryl methyl sites for hydroxylation is 2. The molecule has 2 aromatic carbocycles. The van der Waals surface area contributed by atoms with Crippen molar-refractivity contribution in [2.75, 3.05) is 13.7 Å². The number of amides is 4. The fraction of sp³-hybridized carbons (Fsp3) is 0.635. The van der Waals surface area contributed by atoms with Gasteiger partial charge in [0.15, 0.2) is 24.3 Å². The average Bonchev–Trinajstić information content (AvgIpc) is 1.86. The van der Waals surface area contributed by atoms with E-state index in [0.29, 0.717) is 29.8 Å². The number of methoxy groups -OCH3 is 1. The van der Waals surface area contributed by atoms with Crippen LogP contribution in [-0.2, 0) is 79.7 Å². The molecule has 2 fully saturated rings. The first-order valence-electron chi connectivity index (χ1n) is 29.8. The Morgan fingerprint density at radius 2 is 1.52 bits per heavy atom. The van der Waals surface area contributed by atoms with Crippen LogP contribution in [0, 0.1) is 36.0 Å². The number of ether oxygens (including phenoxy) is 5. The van der Waals surface area contributed by atoms with E-state index in [4.69, 9.17) is 40.4 Å². The molecular formula is C63H89ClN4O18. The van der Waals surface area contributed by atoms with Crippen molar-refractivity contribution in [1.29, 1.82) is 0 Å². The Balaban J connectivity index is 1.28. The molecule has 14 atom stereocenters. The number of carbonyl (C=O) groups excluding carboxylic acids is 8. The highest BCUT2D eigenvalue weighted by molar-refractivity contribution is 6.31. The number of nitrogens with one attached hydrogen (secondary N) is 4. The van der Waals surface area contributed by atoms with E-state index in [1.165, 1.54) is 13.2 Å². The predicted octanol–water partition coefficient (Wildman–Crippen LogP) is 5.03. The zero-order chi connectivity index (χ0) is 63.7. The third kappa shape index (κ3) is 20.5. The van der Waals surface area contributed by atoms with Crippen LogP contribution in [0.5, 0.6) is 0 Å². The summed E-state index contributed by atoms with van der Waals surface area (Å²) in [6, 6.07) is 10.1. The molecule has 0 aromatic heterocycles. The number of carboxylic acids is 1. The van der Waals surface area contributed by atoms with Crippen LogP contribution in [0.2, 0.25) is 5.02 Å². The predicted molar refractivity (Wildman–Crippen MR) is 315 cm³/mol. The lowest BCUT2D eigenvalue weighted by Gasteiger charge is -2.38. The number of epoxide rings is 1. The van der Waals surface area contributed by atoms with E-state index in [9.17, 15) is 58.5 Å². The number of rotatable bonds is 27. The maximum absolute atomic E-state index is 14.1. The molecule has 476 valence electrons. The van der Waals surface area contributed by atoms with Crippen LogP contribution in [0.25, 0.3) is 0 Å². The number of aliphatic carboxylic acids is 1. The number of ketones is 2. The quantitative estimate of drug-likeness (QED) is 0.0330. The topological polar surface area (TPSA) is 332 Å². The Bertz CT molecular complexity index is 2720. The van der Waals surface area contributed by atoms with E-state index < -0.39 is 132 Å². The van der Waals surface area contributed by atoms with Gasteiger partial charge in [-0.3, -0.25) is 38.4 Å². The molecule has 0 bridgehead atoms. The number of hydrogen-bond donors (Lipinski definition) is 8. The minimum absolute atomic E-state index is 0.0605. The number of benzene rings is 2. The molecule has 3 heterocycles. The van der Waals surface area contributed by atoms with Gasteiger partial charge in [-0.15, -0.1) is 0 Å². The van der Waals surface area contributed by atoms with E-state index in [0.717, 1.165) is 16.7 Å². The maximum atomic E-state index is 14.1. The largest absolute Gasteiger partial charge is 0.481 e. The molecule has 23 heteroatoms. The van der Waals surface area contributed by atoms with Crippen molar-refractivity contribution in [3.05, 3.63) is 81.9 Å². The van der Waals surface area contributed by atoms with Crippen LogP contribution in [0.1, 0.15) is 148 Å². The second-order valence-corrected chi connectivity index (χ2v) is 24.8. The van der Waals surface area contributed by atoms with Gasteiger partial charge in [0.25, 0.3) is 5.91 Å². The second-order valence-electron chi connectivity index (χ2n) is 24.3. The first-order valence-corrected chi connectivity index (χ1v) is 30.2. The maximum Gasteiger partial charge on any atom is 0.347 e. The molecule has 22 nitrogen and oxygen atoms in total. The van der Waals surface area contributed by atoms with E-state index in [1.54, 1.807) is 46.8 Å². The van der Waals surface area contributed by atoms with Crippen LogP contribution in [0.15, 0.2) is 54.6 Å². The number of hydrogen-bond acceptors (Lipinski definition) is 17. The summed E-state index contributed by atoms with van der Waals surface area (Å²) in [5, 5.41) is 51.3. The fourth-order valence-corrected chi connectivity index (χ4v) is 10.6. The SMILES string of the molecule is CO[C@@H]1O[C@H](C(=O)NCCCC[C@H](CC(=O)[C@@H](NC(=O)CCCC(=O)O)C(C)C)C(=O)CCc2ccc([C@H]3O[C@@H]3[C@@H](C)[C@@H]3C/C=C/C(=O)N[C@H](Cc4ccc(C)c(Cl)c4)C(=O)N[C@@H](C)C(C)(C)C(=O)O[C@@H](CC(C)C)C(=O)O3)cc2)[C@@H](O)[C@H](O)[C@H]1O. The summed E-state index contributed by atoms with van der Waals surface area (Å²) in [4.78, 5) is 120. The Morgan fingerprint density at radius 1 is 0.837 bits per heavy atom. The summed E-state index contributed by atoms with van der Waals surface area (Å²) >= 11 is 6.42. The Morgan fingerprint density at radius 3 is 2.16 bits per heavy atom. The molecule has 4 amide bonds. The van der Waals surface area contributed by atoms with Crippen molar-refractivity contribution in [3.63, 3.8) is 0 Å². The smallest absolute Gasteiger partial charge is 0.347 e. The highest BCUT2D eigenvalue weighted by atomic mass is 35.5. The fourth-order valence-electron chi connectivity index (χ4n) is 10.4. The van der Waals surface area contributed by atoms with Crippen LogP contribution < -0.4 is 21.3 Å². The lowest BCUT2D eigenvalue weighted by molar-refractivity contribution is -0.283. The van der Waals surface area contributed by atoms with Crippen LogP contribution in [0.3, 0.4) is 0 Å². The first kappa shape index (κ1) is 70.6.